The topological polar surface area (TPSA) is 113 Å². The summed E-state index contributed by atoms with van der Waals surface area (Å²) in [5.41, 5.74) is 4.37. The molecule has 0 aliphatic carbocycles. The first-order valence-electron chi connectivity index (χ1n) is 12.5. The summed E-state index contributed by atoms with van der Waals surface area (Å²) < 4.78 is 18.0. The molecule has 0 fully saturated rings. The molecule has 0 radical (unpaired) electrons. The number of nitriles is 1. The minimum absolute atomic E-state index is 0.00181. The molecule has 190 valence electrons. The van der Waals surface area contributed by atoms with Crippen LogP contribution in [-0.2, 0) is 15.8 Å². The predicted molar refractivity (Wildman–Crippen MR) is 140 cm³/mol. The molecule has 4 aromatic rings. The Morgan fingerprint density at radius 3 is 2.59 bits per heavy atom. The van der Waals surface area contributed by atoms with Crippen LogP contribution in [0.3, 0.4) is 0 Å². The van der Waals surface area contributed by atoms with Crippen molar-refractivity contribution in [2.75, 3.05) is 31.7 Å². The van der Waals surface area contributed by atoms with Gasteiger partial charge < -0.3 is 23.6 Å². The summed E-state index contributed by atoms with van der Waals surface area (Å²) >= 11 is 0. The molecule has 2 aromatic carbocycles. The van der Waals surface area contributed by atoms with Crippen LogP contribution in [0.15, 0.2) is 31.8 Å². The molecule has 2 atom stereocenters. The Labute approximate surface area is 214 Å². The van der Waals surface area contributed by atoms with Crippen molar-refractivity contribution >= 4 is 27.8 Å². The fourth-order valence-electron chi connectivity index (χ4n) is 5.91. The number of anilines is 1. The zero-order valence-corrected chi connectivity index (χ0v) is 21.7. The maximum absolute atomic E-state index is 13.5. The Bertz CT molecular complexity index is 1670. The summed E-state index contributed by atoms with van der Waals surface area (Å²) in [5.74, 6) is 0.0552. The van der Waals surface area contributed by atoms with Gasteiger partial charge in [0.05, 0.1) is 23.5 Å². The van der Waals surface area contributed by atoms with Gasteiger partial charge in [-0.15, -0.1) is 0 Å². The number of hydrogen-bond acceptors (Lipinski definition) is 8. The summed E-state index contributed by atoms with van der Waals surface area (Å²) in [7, 11) is 1.68. The van der Waals surface area contributed by atoms with E-state index in [9.17, 15) is 15.2 Å². The summed E-state index contributed by atoms with van der Waals surface area (Å²) in [6.07, 6.45) is 1.46. The van der Waals surface area contributed by atoms with Gasteiger partial charge in [-0.3, -0.25) is 0 Å². The molecule has 1 N–H and O–H groups in total. The molecule has 8 heteroatoms. The lowest BCUT2D eigenvalue weighted by molar-refractivity contribution is -0.00775. The minimum Gasteiger partial charge on any atom is -0.436 e. The molecule has 4 heterocycles. The van der Waals surface area contributed by atoms with Gasteiger partial charge in [0.1, 0.15) is 22.7 Å². The van der Waals surface area contributed by atoms with Crippen LogP contribution in [-0.4, -0.2) is 36.9 Å². The number of aliphatic hydroxyl groups excluding tert-OH is 1. The summed E-state index contributed by atoms with van der Waals surface area (Å²) in [6, 6.07) is 7.94. The van der Waals surface area contributed by atoms with Crippen LogP contribution in [0.25, 0.3) is 33.5 Å². The Morgan fingerprint density at radius 1 is 1.16 bits per heavy atom. The number of methoxy groups -OCH3 is 1. The average Bonchev–Trinajstić information content (AvgIpc) is 3.28. The van der Waals surface area contributed by atoms with E-state index in [-0.39, 0.29) is 23.6 Å². The van der Waals surface area contributed by atoms with Gasteiger partial charge in [-0.1, -0.05) is 6.92 Å². The fourth-order valence-corrected chi connectivity index (χ4v) is 5.91. The van der Waals surface area contributed by atoms with E-state index in [4.69, 9.17) is 13.6 Å². The average molecular weight is 500 g/mol. The molecule has 0 amide bonds. The number of aliphatic hydroxyl groups is 1. The Hall–Kier alpha value is -3.67. The fraction of sp³-hybridized carbons (Fsp3) is 0.414. The maximum Gasteiger partial charge on any atom is 0.350 e. The number of oxazole rings is 1. The van der Waals surface area contributed by atoms with Crippen LogP contribution in [0, 0.1) is 25.2 Å². The number of benzene rings is 2. The van der Waals surface area contributed by atoms with Crippen molar-refractivity contribution in [1.29, 1.82) is 5.26 Å². The normalized spacial score (nSPS) is 22.9. The second kappa shape index (κ2) is 7.91. The van der Waals surface area contributed by atoms with Gasteiger partial charge in [0.2, 0.25) is 5.89 Å². The molecule has 0 saturated heterocycles. The van der Waals surface area contributed by atoms with E-state index < -0.39 is 16.6 Å². The molecule has 2 unspecified atom stereocenters. The smallest absolute Gasteiger partial charge is 0.350 e. The summed E-state index contributed by atoms with van der Waals surface area (Å²) in [5, 5.41) is 21.4. The summed E-state index contributed by atoms with van der Waals surface area (Å²) in [6.45, 7) is 9.41. The second-order valence-electron chi connectivity index (χ2n) is 10.8. The van der Waals surface area contributed by atoms with Crippen LogP contribution in [0.5, 0.6) is 0 Å². The zero-order chi connectivity index (χ0) is 26.3. The number of nitrogens with zero attached hydrogens (tertiary/aromatic N) is 3. The van der Waals surface area contributed by atoms with Crippen molar-refractivity contribution in [3.8, 4) is 17.5 Å². The molecular weight excluding hydrogens is 470 g/mol. The van der Waals surface area contributed by atoms with Gasteiger partial charge >= 0.3 is 5.63 Å². The largest absolute Gasteiger partial charge is 0.436 e. The van der Waals surface area contributed by atoms with Crippen LogP contribution in [0.4, 0.5) is 5.69 Å². The molecule has 0 spiro atoms. The number of rotatable bonds is 3. The van der Waals surface area contributed by atoms with Crippen molar-refractivity contribution in [1.82, 2.24) is 4.98 Å². The first kappa shape index (κ1) is 23.7. The van der Waals surface area contributed by atoms with Gasteiger partial charge in [0.15, 0.2) is 5.58 Å². The van der Waals surface area contributed by atoms with E-state index in [1.54, 1.807) is 7.11 Å². The predicted octanol–water partition coefficient (Wildman–Crippen LogP) is 4.82. The quantitative estimate of drug-likeness (QED) is 0.400. The second-order valence-corrected chi connectivity index (χ2v) is 10.8. The highest BCUT2D eigenvalue weighted by Crippen LogP contribution is 2.52. The van der Waals surface area contributed by atoms with Crippen LogP contribution < -0.4 is 10.5 Å². The molecule has 2 aliphatic rings. The van der Waals surface area contributed by atoms with Gasteiger partial charge in [0, 0.05) is 42.1 Å². The van der Waals surface area contributed by atoms with Crippen molar-refractivity contribution in [3.05, 3.63) is 56.4 Å². The Kier molecular flexibility index (Phi) is 5.07. The zero-order valence-electron chi connectivity index (χ0n) is 21.7. The number of ether oxygens (including phenoxy) is 1. The standard InChI is InChI=1S/C29H29N3O5/c1-15-10-20-21(11-16(15)2)36-26(31-20)22-18(13-30)17-12-19-24-23(25(17)37-27(22)34)28(3,14-33)6-8-32(24)9-7-29(19,4)35-5/h10-12,33H,6-9,14H2,1-5H3. The van der Waals surface area contributed by atoms with Crippen LogP contribution in [0.1, 0.15) is 54.5 Å². The lowest BCUT2D eigenvalue weighted by Gasteiger charge is -2.48. The highest BCUT2D eigenvalue weighted by Gasteiger charge is 2.46. The third-order valence-electron chi connectivity index (χ3n) is 8.58. The van der Waals surface area contributed by atoms with E-state index >= 15 is 0 Å². The van der Waals surface area contributed by atoms with E-state index in [0.717, 1.165) is 47.5 Å². The minimum atomic E-state index is -0.692. The highest BCUT2D eigenvalue weighted by atomic mass is 16.5. The van der Waals surface area contributed by atoms with Gasteiger partial charge in [-0.2, -0.15) is 5.26 Å². The first-order chi connectivity index (χ1) is 17.6. The maximum atomic E-state index is 13.5. The molecule has 37 heavy (non-hydrogen) atoms. The van der Waals surface area contributed by atoms with E-state index in [1.807, 2.05) is 45.9 Å². The van der Waals surface area contributed by atoms with Crippen molar-refractivity contribution in [2.45, 2.75) is 51.6 Å². The Balaban J connectivity index is 1.74. The molecule has 0 bridgehead atoms. The molecule has 2 aromatic heterocycles. The molecule has 0 saturated carbocycles. The third kappa shape index (κ3) is 3.20. The molecular formula is C29H29N3O5. The summed E-state index contributed by atoms with van der Waals surface area (Å²) in [4.78, 5) is 20.3. The number of hydrogen-bond donors (Lipinski definition) is 1. The van der Waals surface area contributed by atoms with E-state index in [2.05, 4.69) is 16.0 Å². The van der Waals surface area contributed by atoms with E-state index in [0.29, 0.717) is 28.5 Å². The lowest BCUT2D eigenvalue weighted by atomic mass is 9.71. The highest BCUT2D eigenvalue weighted by molar-refractivity contribution is 5.97. The number of aryl methyl sites for hydroxylation is 2. The van der Waals surface area contributed by atoms with Crippen molar-refractivity contribution < 1.29 is 18.7 Å². The SMILES string of the molecule is COC1(C)CCN2CCC(C)(CO)c3c2c1cc1c(C#N)c(-c2nc4cc(C)c(C)cc4o2)c(=O)oc31. The lowest BCUT2D eigenvalue weighted by Crippen LogP contribution is -2.47. The van der Waals surface area contributed by atoms with Crippen LogP contribution in [0.2, 0.25) is 0 Å². The van der Waals surface area contributed by atoms with Crippen molar-refractivity contribution in [2.24, 2.45) is 0 Å². The van der Waals surface area contributed by atoms with Gasteiger partial charge in [-0.25, -0.2) is 9.78 Å². The van der Waals surface area contributed by atoms with Gasteiger partial charge in [-0.05, 0) is 62.9 Å². The van der Waals surface area contributed by atoms with Crippen molar-refractivity contribution in [3.63, 3.8) is 0 Å². The number of aromatic nitrogens is 1. The van der Waals surface area contributed by atoms with Gasteiger partial charge in [0.25, 0.3) is 0 Å². The monoisotopic (exact) mass is 499 g/mol. The first-order valence-corrected chi connectivity index (χ1v) is 12.5. The Morgan fingerprint density at radius 2 is 1.89 bits per heavy atom. The number of fused-ring (bicyclic) bond motifs is 3. The van der Waals surface area contributed by atoms with E-state index in [1.165, 1.54) is 0 Å². The molecule has 6 rings (SSSR count). The molecule has 2 aliphatic heterocycles. The third-order valence-corrected chi connectivity index (χ3v) is 8.58. The van der Waals surface area contributed by atoms with Crippen LogP contribution >= 0.6 is 0 Å². The molecule has 8 nitrogen and oxygen atoms in total.